The Kier molecular flexibility index (Phi) is 1.79. The molecule has 1 aromatic heterocycles. The first-order valence-electron chi connectivity index (χ1n) is 2.72. The van der Waals surface area contributed by atoms with Gasteiger partial charge in [0.1, 0.15) is 6.20 Å². The number of rotatable bonds is 1. The lowest BCUT2D eigenvalue weighted by molar-refractivity contribution is -0.384. The largest absolute Gasteiger partial charge is 0.355 e. The summed E-state index contributed by atoms with van der Waals surface area (Å²) >= 11 is 0. The molecule has 0 aliphatic carbocycles. The highest BCUT2D eigenvalue weighted by atomic mass is 16.6. The Morgan fingerprint density at radius 1 is 1.73 bits per heavy atom. The summed E-state index contributed by atoms with van der Waals surface area (Å²) in [5.41, 5.74) is -0.248. The molecule has 0 N–H and O–H groups in total. The number of nitro groups is 1. The van der Waals surface area contributed by atoms with Gasteiger partial charge in [0.25, 0.3) is 5.69 Å². The number of hydrogen-bond acceptors (Lipinski definition) is 3. The maximum absolute atomic E-state index is 10.2. The fourth-order valence-corrected chi connectivity index (χ4v) is 0.617. The van der Waals surface area contributed by atoms with Gasteiger partial charge in [-0.3, -0.25) is 10.1 Å². The van der Waals surface area contributed by atoms with Crippen molar-refractivity contribution in [3.8, 4) is 0 Å². The maximum atomic E-state index is 10.2. The molecule has 5 heteroatoms. The summed E-state index contributed by atoms with van der Waals surface area (Å²) in [5, 5.41) is 10.2. The quantitative estimate of drug-likeness (QED) is 0.345. The summed E-state index contributed by atoms with van der Waals surface area (Å²) in [7, 11) is 0. The van der Waals surface area contributed by atoms with Crippen molar-refractivity contribution in [2.75, 3.05) is 0 Å². The van der Waals surface area contributed by atoms with Crippen molar-refractivity contribution >= 4 is 11.5 Å². The highest BCUT2D eigenvalue weighted by Gasteiger charge is 2.12. The van der Waals surface area contributed by atoms with Crippen LogP contribution in [0.4, 0.5) is 11.5 Å². The van der Waals surface area contributed by atoms with Crippen molar-refractivity contribution in [1.29, 1.82) is 0 Å². The molecule has 0 bridgehead atoms. The Bertz CT molecular complexity index is 329. The molecule has 0 radical (unpaired) electrons. The van der Waals surface area contributed by atoms with E-state index < -0.39 is 4.92 Å². The Labute approximate surface area is 62.3 Å². The van der Waals surface area contributed by atoms with Crippen LogP contribution in [0.2, 0.25) is 0 Å². The zero-order chi connectivity index (χ0) is 8.27. The van der Waals surface area contributed by atoms with E-state index in [1.54, 1.807) is 0 Å². The van der Waals surface area contributed by atoms with Gasteiger partial charge in [-0.05, 0) is 6.07 Å². The summed E-state index contributed by atoms with van der Waals surface area (Å²) in [6, 6.07) is 2.67. The van der Waals surface area contributed by atoms with Crippen molar-refractivity contribution in [3.05, 3.63) is 39.9 Å². The zero-order valence-corrected chi connectivity index (χ0v) is 5.39. The second kappa shape index (κ2) is 2.75. The van der Waals surface area contributed by atoms with Gasteiger partial charge in [0.05, 0.1) is 4.92 Å². The fraction of sp³-hybridized carbons (Fsp3) is 0. The molecule has 1 heterocycles. The minimum Gasteiger partial charge on any atom is -0.355 e. The standard InChI is InChI=1S/C6H3N3O2/c1-7-6-5(9(10)11)3-2-4-8-6/h2-4H. The molecule has 0 aromatic carbocycles. The van der Waals surface area contributed by atoms with Crippen LogP contribution in [0.5, 0.6) is 0 Å². The predicted octanol–water partition coefficient (Wildman–Crippen LogP) is 1.54. The molecule has 0 saturated heterocycles. The lowest BCUT2D eigenvalue weighted by Crippen LogP contribution is -1.88. The van der Waals surface area contributed by atoms with Gasteiger partial charge in [-0.15, -0.1) is 4.98 Å². The molecule has 54 valence electrons. The van der Waals surface area contributed by atoms with E-state index >= 15 is 0 Å². The van der Waals surface area contributed by atoms with Crippen molar-refractivity contribution in [2.45, 2.75) is 0 Å². The van der Waals surface area contributed by atoms with E-state index in [0.717, 1.165) is 0 Å². The topological polar surface area (TPSA) is 60.4 Å². The van der Waals surface area contributed by atoms with Crippen LogP contribution in [-0.2, 0) is 0 Å². The Morgan fingerprint density at radius 2 is 2.45 bits per heavy atom. The van der Waals surface area contributed by atoms with E-state index in [2.05, 4.69) is 9.83 Å². The molecule has 1 rings (SSSR count). The van der Waals surface area contributed by atoms with Crippen LogP contribution in [0.15, 0.2) is 18.3 Å². The number of nitrogens with zero attached hydrogens (tertiary/aromatic N) is 3. The van der Waals surface area contributed by atoms with E-state index in [9.17, 15) is 10.1 Å². The van der Waals surface area contributed by atoms with Crippen LogP contribution in [0.1, 0.15) is 0 Å². The van der Waals surface area contributed by atoms with Crippen LogP contribution in [0.25, 0.3) is 4.85 Å². The molecule has 0 aliphatic rings. The molecule has 5 nitrogen and oxygen atoms in total. The fourth-order valence-electron chi connectivity index (χ4n) is 0.617. The molecule has 11 heavy (non-hydrogen) atoms. The van der Waals surface area contributed by atoms with Gasteiger partial charge < -0.3 is 4.85 Å². The van der Waals surface area contributed by atoms with Gasteiger partial charge >= 0.3 is 5.82 Å². The summed E-state index contributed by atoms with van der Waals surface area (Å²) in [4.78, 5) is 16.0. The lowest BCUT2D eigenvalue weighted by Gasteiger charge is -1.89. The first-order chi connectivity index (χ1) is 5.25. The summed E-state index contributed by atoms with van der Waals surface area (Å²) in [5.74, 6) is -0.169. The van der Waals surface area contributed by atoms with Crippen molar-refractivity contribution in [1.82, 2.24) is 4.98 Å². The van der Waals surface area contributed by atoms with Crippen LogP contribution < -0.4 is 0 Å². The first-order valence-corrected chi connectivity index (χ1v) is 2.72. The molecule has 0 unspecified atom stereocenters. The SMILES string of the molecule is [C-]#[N+]c1ncccc1[N+](=O)[O-]. The van der Waals surface area contributed by atoms with Gasteiger partial charge in [0.2, 0.25) is 0 Å². The van der Waals surface area contributed by atoms with Crippen LogP contribution in [0.3, 0.4) is 0 Å². The van der Waals surface area contributed by atoms with Gasteiger partial charge in [0.15, 0.2) is 0 Å². The van der Waals surface area contributed by atoms with Gasteiger partial charge in [-0.25, -0.2) is 0 Å². The monoisotopic (exact) mass is 149 g/mol. The average Bonchev–Trinajstić information content (AvgIpc) is 2.04. The minimum atomic E-state index is -0.625. The second-order valence-electron chi connectivity index (χ2n) is 1.72. The molecule has 1 aromatic rings. The van der Waals surface area contributed by atoms with E-state index in [-0.39, 0.29) is 11.5 Å². The predicted molar refractivity (Wildman–Crippen MR) is 37.2 cm³/mol. The number of hydrogen-bond donors (Lipinski definition) is 0. The third-order valence-corrected chi connectivity index (χ3v) is 1.07. The molecule has 0 saturated carbocycles. The lowest BCUT2D eigenvalue weighted by atomic mass is 10.4. The Balaban J connectivity index is 3.26. The van der Waals surface area contributed by atoms with E-state index in [4.69, 9.17) is 6.57 Å². The summed E-state index contributed by atoms with van der Waals surface area (Å²) in [6.07, 6.45) is 1.35. The van der Waals surface area contributed by atoms with E-state index in [1.807, 2.05) is 0 Å². The summed E-state index contributed by atoms with van der Waals surface area (Å²) in [6.45, 7) is 6.54. The third-order valence-electron chi connectivity index (χ3n) is 1.07. The average molecular weight is 149 g/mol. The van der Waals surface area contributed by atoms with Crippen molar-refractivity contribution in [2.24, 2.45) is 0 Å². The van der Waals surface area contributed by atoms with Crippen molar-refractivity contribution in [3.63, 3.8) is 0 Å². The van der Waals surface area contributed by atoms with E-state index in [1.165, 1.54) is 18.3 Å². The normalized spacial score (nSPS) is 8.64. The zero-order valence-electron chi connectivity index (χ0n) is 5.39. The number of pyridine rings is 1. The third kappa shape index (κ3) is 1.30. The van der Waals surface area contributed by atoms with Crippen molar-refractivity contribution < 1.29 is 4.92 Å². The molecular formula is C6H3N3O2. The maximum Gasteiger partial charge on any atom is 0.348 e. The smallest absolute Gasteiger partial charge is 0.348 e. The molecule has 0 fully saturated rings. The molecule has 0 aliphatic heterocycles. The van der Waals surface area contributed by atoms with Gasteiger partial charge in [-0.1, -0.05) is 6.57 Å². The van der Waals surface area contributed by atoms with Crippen LogP contribution in [-0.4, -0.2) is 9.91 Å². The highest BCUT2D eigenvalue weighted by molar-refractivity contribution is 5.55. The highest BCUT2D eigenvalue weighted by Crippen LogP contribution is 2.22. The van der Waals surface area contributed by atoms with Crippen LogP contribution >= 0.6 is 0 Å². The van der Waals surface area contributed by atoms with Gasteiger partial charge in [-0.2, -0.15) is 0 Å². The number of aromatic nitrogens is 1. The van der Waals surface area contributed by atoms with Gasteiger partial charge in [0, 0.05) is 6.07 Å². The Morgan fingerprint density at radius 3 is 2.91 bits per heavy atom. The molecular weight excluding hydrogens is 146 g/mol. The molecule has 0 spiro atoms. The van der Waals surface area contributed by atoms with E-state index in [0.29, 0.717) is 0 Å². The molecule has 0 atom stereocenters. The second-order valence-corrected chi connectivity index (χ2v) is 1.72. The summed E-state index contributed by atoms with van der Waals surface area (Å²) < 4.78 is 0. The first kappa shape index (κ1) is 7.15. The Hall–Kier alpha value is -1.96. The van der Waals surface area contributed by atoms with Crippen LogP contribution in [0, 0.1) is 16.7 Å². The molecule has 0 amide bonds. The minimum absolute atomic E-state index is 0.169.